The van der Waals surface area contributed by atoms with Gasteiger partial charge in [0, 0.05) is 23.4 Å². The van der Waals surface area contributed by atoms with Crippen LogP contribution in [0.1, 0.15) is 34.1 Å². The Morgan fingerprint density at radius 1 is 1.00 bits per heavy atom. The van der Waals surface area contributed by atoms with E-state index in [-0.39, 0.29) is 24.9 Å². The van der Waals surface area contributed by atoms with Crippen molar-refractivity contribution < 1.29 is 19.1 Å². The second kappa shape index (κ2) is 10.3. The second-order valence-corrected chi connectivity index (χ2v) is 10.00. The van der Waals surface area contributed by atoms with Crippen molar-refractivity contribution in [1.82, 2.24) is 15.1 Å². The number of fused-ring (bicyclic) bond motifs is 1. The number of aryl methyl sites for hydroxylation is 2. The molecule has 4 aromatic rings. The van der Waals surface area contributed by atoms with E-state index in [0.29, 0.717) is 22.8 Å². The zero-order chi connectivity index (χ0) is 27.7. The Kier molecular flexibility index (Phi) is 6.87. The van der Waals surface area contributed by atoms with Gasteiger partial charge in [0.25, 0.3) is 5.91 Å². The first kappa shape index (κ1) is 26.0. The number of carbonyl (C=O) groups is 2. The number of carbonyl (C=O) groups excluding carboxylic acids is 2. The molecule has 5 rings (SSSR count). The van der Waals surface area contributed by atoms with E-state index in [4.69, 9.17) is 14.6 Å². The zero-order valence-electron chi connectivity index (χ0n) is 22.8. The summed E-state index contributed by atoms with van der Waals surface area (Å²) in [7, 11) is 3.22. The Morgan fingerprint density at radius 3 is 2.46 bits per heavy atom. The molecule has 0 bridgehead atoms. The number of ether oxygens (including phenoxy) is 2. The molecule has 1 atom stereocenters. The van der Waals surface area contributed by atoms with Gasteiger partial charge in [-0.15, -0.1) is 0 Å². The van der Waals surface area contributed by atoms with Gasteiger partial charge in [-0.1, -0.05) is 30.3 Å². The third-order valence-electron chi connectivity index (χ3n) is 7.27. The Balaban J connectivity index is 1.55. The molecule has 1 aliphatic rings. The highest BCUT2D eigenvalue weighted by molar-refractivity contribution is 6.12. The van der Waals surface area contributed by atoms with Crippen molar-refractivity contribution in [3.63, 3.8) is 0 Å². The normalized spacial score (nSPS) is 16.5. The van der Waals surface area contributed by atoms with E-state index >= 15 is 0 Å². The number of nitrogens with one attached hydrogen (secondary N) is 1. The number of hydrogen-bond acceptors (Lipinski definition) is 5. The van der Waals surface area contributed by atoms with Crippen molar-refractivity contribution in [2.75, 3.05) is 19.1 Å². The van der Waals surface area contributed by atoms with Gasteiger partial charge in [-0.3, -0.25) is 19.2 Å². The summed E-state index contributed by atoms with van der Waals surface area (Å²) in [5, 5.41) is 7.80. The number of rotatable bonds is 7. The molecule has 0 fully saturated rings. The van der Waals surface area contributed by atoms with Gasteiger partial charge in [0.2, 0.25) is 5.91 Å². The van der Waals surface area contributed by atoms with Crippen LogP contribution in [-0.4, -0.2) is 41.4 Å². The van der Waals surface area contributed by atoms with Gasteiger partial charge in [-0.2, -0.15) is 5.10 Å². The summed E-state index contributed by atoms with van der Waals surface area (Å²) in [6.07, 6.45) is 0. The molecule has 1 aliphatic heterocycles. The van der Waals surface area contributed by atoms with Gasteiger partial charge < -0.3 is 14.8 Å². The van der Waals surface area contributed by atoms with Crippen molar-refractivity contribution in [1.29, 1.82) is 0 Å². The standard InChI is InChI=1S/C31H32N4O4/c1-20-10-11-21(2)26(16-20)35-29(36)27-17-25(22-12-14-24(38-4)15-13-22)33-34(27)19-31(35,3)30(37)32-18-23-8-6-7-9-28(23)39-5/h6-17H,18-19H2,1-5H3,(H,32,37). The number of nitrogens with zero attached hydrogens (tertiary/aromatic N) is 3. The van der Waals surface area contributed by atoms with Crippen molar-refractivity contribution in [2.24, 2.45) is 0 Å². The highest BCUT2D eigenvalue weighted by Crippen LogP contribution is 2.36. The molecule has 0 aliphatic carbocycles. The maximum Gasteiger partial charge on any atom is 0.277 e. The molecule has 200 valence electrons. The summed E-state index contributed by atoms with van der Waals surface area (Å²) in [5.74, 6) is 0.860. The van der Waals surface area contributed by atoms with Crippen LogP contribution in [0.5, 0.6) is 11.5 Å². The van der Waals surface area contributed by atoms with Crippen LogP contribution >= 0.6 is 0 Å². The van der Waals surface area contributed by atoms with Crippen LogP contribution in [0.15, 0.2) is 72.8 Å². The summed E-state index contributed by atoms with van der Waals surface area (Å²) >= 11 is 0. The van der Waals surface area contributed by atoms with Crippen molar-refractivity contribution in [3.8, 4) is 22.8 Å². The zero-order valence-corrected chi connectivity index (χ0v) is 22.8. The van der Waals surface area contributed by atoms with E-state index in [9.17, 15) is 9.59 Å². The molecule has 1 aromatic heterocycles. The fraction of sp³-hybridized carbons (Fsp3) is 0.258. The number of hydrogen-bond donors (Lipinski definition) is 1. The Morgan fingerprint density at radius 2 is 1.74 bits per heavy atom. The maximum atomic E-state index is 14.2. The molecule has 0 saturated heterocycles. The lowest BCUT2D eigenvalue weighted by Crippen LogP contribution is -2.64. The average Bonchev–Trinajstić information content (AvgIpc) is 3.37. The molecule has 0 spiro atoms. The predicted octanol–water partition coefficient (Wildman–Crippen LogP) is 4.92. The first-order chi connectivity index (χ1) is 18.7. The van der Waals surface area contributed by atoms with E-state index < -0.39 is 5.54 Å². The summed E-state index contributed by atoms with van der Waals surface area (Å²) < 4.78 is 12.4. The maximum absolute atomic E-state index is 14.2. The fourth-order valence-corrected chi connectivity index (χ4v) is 5.04. The topological polar surface area (TPSA) is 85.7 Å². The van der Waals surface area contributed by atoms with Gasteiger partial charge in [0.1, 0.15) is 22.7 Å². The first-order valence-electron chi connectivity index (χ1n) is 12.8. The lowest BCUT2D eigenvalue weighted by atomic mass is 9.92. The minimum Gasteiger partial charge on any atom is -0.497 e. The average molecular weight is 525 g/mol. The van der Waals surface area contributed by atoms with Crippen molar-refractivity contribution >= 4 is 17.5 Å². The number of methoxy groups -OCH3 is 2. The molecular weight excluding hydrogens is 492 g/mol. The van der Waals surface area contributed by atoms with Gasteiger partial charge in [-0.25, -0.2) is 0 Å². The van der Waals surface area contributed by atoms with E-state index in [1.54, 1.807) is 36.8 Å². The van der Waals surface area contributed by atoms with Gasteiger partial charge in [0.05, 0.1) is 26.5 Å². The number of amides is 2. The molecule has 0 saturated carbocycles. The minimum absolute atomic E-state index is 0.190. The molecular formula is C31H32N4O4. The molecule has 2 heterocycles. The first-order valence-corrected chi connectivity index (χ1v) is 12.8. The summed E-state index contributed by atoms with van der Waals surface area (Å²) in [5.41, 5.74) is 4.14. The molecule has 39 heavy (non-hydrogen) atoms. The monoisotopic (exact) mass is 524 g/mol. The number of aromatic nitrogens is 2. The quantitative estimate of drug-likeness (QED) is 0.371. The van der Waals surface area contributed by atoms with E-state index in [0.717, 1.165) is 28.0 Å². The molecule has 8 nitrogen and oxygen atoms in total. The highest BCUT2D eigenvalue weighted by Gasteiger charge is 2.49. The third-order valence-corrected chi connectivity index (χ3v) is 7.27. The number of benzene rings is 3. The van der Waals surface area contributed by atoms with E-state index in [1.807, 2.05) is 80.6 Å². The van der Waals surface area contributed by atoms with E-state index in [1.165, 1.54) is 0 Å². The SMILES string of the molecule is COc1ccc(-c2cc3n(n2)CC(C)(C(=O)NCc2ccccc2OC)N(c2cc(C)ccc2C)C3=O)cc1. The summed E-state index contributed by atoms with van der Waals surface area (Å²) in [6, 6.07) is 22.8. The molecule has 1 N–H and O–H groups in total. The Bertz CT molecular complexity index is 1540. The van der Waals surface area contributed by atoms with Crippen LogP contribution in [0, 0.1) is 13.8 Å². The number of anilines is 1. The van der Waals surface area contributed by atoms with Crippen LogP contribution in [-0.2, 0) is 17.9 Å². The summed E-state index contributed by atoms with van der Waals surface area (Å²) in [6.45, 7) is 6.17. The van der Waals surface area contributed by atoms with Gasteiger partial charge in [0.15, 0.2) is 0 Å². The summed E-state index contributed by atoms with van der Waals surface area (Å²) in [4.78, 5) is 29.8. The second-order valence-electron chi connectivity index (χ2n) is 10.00. The van der Waals surface area contributed by atoms with Crippen LogP contribution in [0.25, 0.3) is 11.3 Å². The molecule has 2 amide bonds. The van der Waals surface area contributed by atoms with E-state index in [2.05, 4.69) is 5.32 Å². The van der Waals surface area contributed by atoms with Crippen LogP contribution in [0.4, 0.5) is 5.69 Å². The minimum atomic E-state index is -1.24. The molecule has 3 aromatic carbocycles. The van der Waals surface area contributed by atoms with Gasteiger partial charge >= 0.3 is 0 Å². The smallest absolute Gasteiger partial charge is 0.277 e. The lowest BCUT2D eigenvalue weighted by Gasteiger charge is -2.43. The Labute approximate surface area is 228 Å². The molecule has 1 unspecified atom stereocenters. The van der Waals surface area contributed by atoms with Gasteiger partial charge in [-0.05, 0) is 74.4 Å². The lowest BCUT2D eigenvalue weighted by molar-refractivity contribution is -0.126. The van der Waals surface area contributed by atoms with Crippen LogP contribution in [0.2, 0.25) is 0 Å². The molecule has 8 heteroatoms. The fourth-order valence-electron chi connectivity index (χ4n) is 5.04. The predicted molar refractivity (Wildman–Crippen MR) is 150 cm³/mol. The largest absolute Gasteiger partial charge is 0.497 e. The van der Waals surface area contributed by atoms with Crippen LogP contribution in [0.3, 0.4) is 0 Å². The molecule has 0 radical (unpaired) electrons. The Hall–Kier alpha value is -4.59. The highest BCUT2D eigenvalue weighted by atomic mass is 16.5. The van der Waals surface area contributed by atoms with Crippen molar-refractivity contribution in [2.45, 2.75) is 39.4 Å². The van der Waals surface area contributed by atoms with Crippen molar-refractivity contribution in [3.05, 3.63) is 95.2 Å². The number of para-hydroxylation sites is 1. The third kappa shape index (κ3) is 4.74. The van der Waals surface area contributed by atoms with Crippen LogP contribution < -0.4 is 19.7 Å².